The van der Waals surface area contributed by atoms with Gasteiger partial charge in [0.05, 0.1) is 22.6 Å². The average Bonchev–Trinajstić information content (AvgIpc) is 2.46. The second-order valence-corrected chi connectivity index (χ2v) is 4.27. The van der Waals surface area contributed by atoms with E-state index in [1.807, 2.05) is 6.07 Å². The lowest BCUT2D eigenvalue weighted by molar-refractivity contribution is -0.385. The molecule has 7 nitrogen and oxygen atoms in total. The van der Waals surface area contributed by atoms with Crippen LogP contribution in [0.1, 0.15) is 10.4 Å². The van der Waals surface area contributed by atoms with E-state index < -0.39 is 28.4 Å². The van der Waals surface area contributed by atoms with Crippen LogP contribution < -0.4 is 5.32 Å². The number of nitriles is 1. The summed E-state index contributed by atoms with van der Waals surface area (Å²) in [6, 6.07) is 4.14. The Kier molecular flexibility index (Phi) is 3.91. The molecule has 1 N–H and O–H groups in total. The molecule has 1 unspecified atom stereocenters. The van der Waals surface area contributed by atoms with Gasteiger partial charge in [-0.05, 0) is 6.07 Å². The summed E-state index contributed by atoms with van der Waals surface area (Å²) in [4.78, 5) is 23.3. The minimum Gasteiger partial charge on any atom is -0.320 e. The molecule has 20 heavy (non-hydrogen) atoms. The molecule has 1 aromatic rings. The lowest BCUT2D eigenvalue weighted by Gasteiger charge is -2.32. The van der Waals surface area contributed by atoms with E-state index in [9.17, 15) is 19.3 Å². The average molecular weight is 278 g/mol. The zero-order chi connectivity index (χ0) is 14.7. The summed E-state index contributed by atoms with van der Waals surface area (Å²) in [5.74, 6) is -1.59. The highest BCUT2D eigenvalue weighted by Crippen LogP contribution is 2.19. The number of carbonyl (C=O) groups excluding carboxylic acids is 1. The third-order valence-electron chi connectivity index (χ3n) is 3.05. The Morgan fingerprint density at radius 3 is 2.95 bits per heavy atom. The molecule has 2 rings (SSSR count). The summed E-state index contributed by atoms with van der Waals surface area (Å²) in [5, 5.41) is 22.5. The van der Waals surface area contributed by atoms with Crippen LogP contribution in [0.25, 0.3) is 0 Å². The number of benzene rings is 1. The molecule has 1 heterocycles. The van der Waals surface area contributed by atoms with Crippen LogP contribution in [0.2, 0.25) is 0 Å². The molecule has 1 aliphatic rings. The second kappa shape index (κ2) is 5.63. The van der Waals surface area contributed by atoms with Crippen molar-refractivity contribution >= 4 is 11.6 Å². The lowest BCUT2D eigenvalue weighted by Crippen LogP contribution is -2.53. The van der Waals surface area contributed by atoms with E-state index in [2.05, 4.69) is 5.32 Å². The molecule has 0 radical (unpaired) electrons. The number of piperazine rings is 1. The van der Waals surface area contributed by atoms with Gasteiger partial charge in [-0.25, -0.2) is 4.39 Å². The first kappa shape index (κ1) is 13.9. The highest BCUT2D eigenvalue weighted by Gasteiger charge is 2.29. The van der Waals surface area contributed by atoms with Crippen molar-refractivity contribution in [3.63, 3.8) is 0 Å². The largest absolute Gasteiger partial charge is 0.320 e. The summed E-state index contributed by atoms with van der Waals surface area (Å²) in [7, 11) is 0. The van der Waals surface area contributed by atoms with Gasteiger partial charge < -0.3 is 10.2 Å². The number of amides is 1. The maximum Gasteiger partial charge on any atom is 0.272 e. The minimum absolute atomic E-state index is 0.266. The predicted molar refractivity (Wildman–Crippen MR) is 66.4 cm³/mol. The lowest BCUT2D eigenvalue weighted by atomic mass is 10.1. The Bertz CT molecular complexity index is 599. The molecular formula is C12H11FN4O3. The number of hydrogen-bond acceptors (Lipinski definition) is 5. The first-order valence-electron chi connectivity index (χ1n) is 5.90. The van der Waals surface area contributed by atoms with E-state index in [1.165, 1.54) is 4.90 Å². The van der Waals surface area contributed by atoms with Crippen LogP contribution in [-0.4, -0.2) is 41.4 Å². The van der Waals surface area contributed by atoms with E-state index >= 15 is 0 Å². The van der Waals surface area contributed by atoms with Crippen LogP contribution in [-0.2, 0) is 0 Å². The number of non-ortho nitro benzene ring substituents is 1. The molecule has 0 spiro atoms. The maximum absolute atomic E-state index is 13.8. The monoisotopic (exact) mass is 278 g/mol. The molecule has 0 bridgehead atoms. The summed E-state index contributed by atoms with van der Waals surface area (Å²) < 4.78 is 13.8. The van der Waals surface area contributed by atoms with E-state index in [1.54, 1.807) is 0 Å². The highest BCUT2D eigenvalue weighted by atomic mass is 19.1. The van der Waals surface area contributed by atoms with Crippen LogP contribution in [0.5, 0.6) is 0 Å². The van der Waals surface area contributed by atoms with Crippen molar-refractivity contribution in [3.8, 4) is 6.07 Å². The molecule has 1 fully saturated rings. The summed E-state index contributed by atoms with van der Waals surface area (Å²) in [6.07, 6.45) is 0. The van der Waals surface area contributed by atoms with Gasteiger partial charge in [-0.3, -0.25) is 14.9 Å². The van der Waals surface area contributed by atoms with Gasteiger partial charge in [-0.1, -0.05) is 0 Å². The third-order valence-corrected chi connectivity index (χ3v) is 3.05. The Hall–Kier alpha value is -2.53. The number of hydrogen-bond donors (Lipinski definition) is 1. The number of carbonyl (C=O) groups is 1. The summed E-state index contributed by atoms with van der Waals surface area (Å²) in [6.45, 7) is 1.11. The van der Waals surface area contributed by atoms with E-state index in [-0.39, 0.29) is 12.1 Å². The van der Waals surface area contributed by atoms with E-state index in [0.29, 0.717) is 19.2 Å². The van der Waals surface area contributed by atoms with Gasteiger partial charge in [0.15, 0.2) is 0 Å². The smallest absolute Gasteiger partial charge is 0.272 e. The van der Waals surface area contributed by atoms with Crippen LogP contribution in [0.4, 0.5) is 10.1 Å². The van der Waals surface area contributed by atoms with Gasteiger partial charge in [0.1, 0.15) is 11.9 Å². The van der Waals surface area contributed by atoms with Crippen LogP contribution in [0.15, 0.2) is 18.2 Å². The Morgan fingerprint density at radius 1 is 1.60 bits per heavy atom. The number of nitrogens with one attached hydrogen (secondary N) is 1. The number of nitrogens with zero attached hydrogens (tertiary/aromatic N) is 3. The van der Waals surface area contributed by atoms with Gasteiger partial charge in [-0.15, -0.1) is 0 Å². The Labute approximate surface area is 113 Å². The molecule has 8 heteroatoms. The maximum atomic E-state index is 13.8. The van der Waals surface area contributed by atoms with Crippen LogP contribution >= 0.6 is 0 Å². The second-order valence-electron chi connectivity index (χ2n) is 4.27. The van der Waals surface area contributed by atoms with Crippen molar-refractivity contribution in [1.29, 1.82) is 5.26 Å². The van der Waals surface area contributed by atoms with Gasteiger partial charge in [0, 0.05) is 25.7 Å². The fraction of sp³-hybridized carbons (Fsp3) is 0.333. The normalized spacial score (nSPS) is 18.4. The molecule has 0 aromatic heterocycles. The molecular weight excluding hydrogens is 267 g/mol. The van der Waals surface area contributed by atoms with Crippen molar-refractivity contribution in [2.45, 2.75) is 6.04 Å². The zero-order valence-corrected chi connectivity index (χ0v) is 10.4. The molecule has 104 valence electrons. The molecule has 0 saturated carbocycles. The molecule has 1 atom stereocenters. The van der Waals surface area contributed by atoms with Gasteiger partial charge in [-0.2, -0.15) is 5.26 Å². The van der Waals surface area contributed by atoms with Crippen molar-refractivity contribution < 1.29 is 14.1 Å². The molecule has 1 aliphatic heterocycles. The van der Waals surface area contributed by atoms with E-state index in [4.69, 9.17) is 5.26 Å². The third kappa shape index (κ3) is 2.57. The van der Waals surface area contributed by atoms with Crippen molar-refractivity contribution in [2.75, 3.05) is 19.6 Å². The van der Waals surface area contributed by atoms with Crippen molar-refractivity contribution in [2.24, 2.45) is 0 Å². The highest BCUT2D eigenvalue weighted by molar-refractivity contribution is 5.95. The number of halogens is 1. The van der Waals surface area contributed by atoms with Crippen LogP contribution in [0, 0.1) is 27.3 Å². The topological polar surface area (TPSA) is 99.3 Å². The standard InChI is InChI=1S/C12H11FN4O3/c13-11-5-8(17(19)20)1-2-10(11)12(18)16-4-3-15-7-9(16)6-14/h1-2,5,9,15H,3-4,7H2. The molecule has 1 saturated heterocycles. The fourth-order valence-electron chi connectivity index (χ4n) is 2.01. The van der Waals surface area contributed by atoms with Crippen molar-refractivity contribution in [1.82, 2.24) is 10.2 Å². The Morgan fingerprint density at radius 2 is 2.35 bits per heavy atom. The summed E-state index contributed by atoms with van der Waals surface area (Å²) >= 11 is 0. The quantitative estimate of drug-likeness (QED) is 0.633. The molecule has 1 amide bonds. The van der Waals surface area contributed by atoms with Gasteiger partial charge in [0.25, 0.3) is 11.6 Å². The first-order valence-corrected chi connectivity index (χ1v) is 5.90. The first-order chi connectivity index (χ1) is 9.54. The van der Waals surface area contributed by atoms with E-state index in [0.717, 1.165) is 12.1 Å². The number of nitro benzene ring substituents is 1. The van der Waals surface area contributed by atoms with Gasteiger partial charge >= 0.3 is 0 Å². The minimum atomic E-state index is -0.959. The fourth-order valence-corrected chi connectivity index (χ4v) is 2.01. The molecule has 1 aromatic carbocycles. The number of nitro groups is 1. The molecule has 0 aliphatic carbocycles. The number of rotatable bonds is 2. The van der Waals surface area contributed by atoms with Crippen molar-refractivity contribution in [3.05, 3.63) is 39.7 Å². The Balaban J connectivity index is 2.29. The predicted octanol–water partition coefficient (Wildman–Crippen LogP) is 0.671. The summed E-state index contributed by atoms with van der Waals surface area (Å²) in [5.41, 5.74) is -0.686. The zero-order valence-electron chi connectivity index (χ0n) is 10.4. The van der Waals surface area contributed by atoms with Crippen LogP contribution in [0.3, 0.4) is 0 Å². The SMILES string of the molecule is N#CC1CNCCN1C(=O)c1ccc([N+](=O)[O-])cc1F. The van der Waals surface area contributed by atoms with Gasteiger partial charge in [0.2, 0.25) is 0 Å².